The van der Waals surface area contributed by atoms with Crippen LogP contribution in [-0.2, 0) is 11.2 Å². The number of fused-ring (bicyclic) bond motifs is 1. The summed E-state index contributed by atoms with van der Waals surface area (Å²) in [4.78, 5) is 18.1. The average molecular weight is 444 g/mol. The van der Waals surface area contributed by atoms with E-state index < -0.39 is 0 Å². The lowest BCUT2D eigenvalue weighted by molar-refractivity contribution is -0.115. The van der Waals surface area contributed by atoms with E-state index in [4.69, 9.17) is 9.47 Å². The quantitative estimate of drug-likeness (QED) is 0.456. The van der Waals surface area contributed by atoms with Crippen molar-refractivity contribution < 1.29 is 14.3 Å². The number of hydrogen-bond acceptors (Lipinski definition) is 5. The largest absolute Gasteiger partial charge is 0.493 e. The van der Waals surface area contributed by atoms with Gasteiger partial charge in [0.15, 0.2) is 16.5 Å². The number of ether oxygens (including phenoxy) is 2. The number of hydrogen-bond donors (Lipinski definition) is 1. The van der Waals surface area contributed by atoms with Gasteiger partial charge in [-0.3, -0.25) is 9.20 Å². The zero-order chi connectivity index (χ0) is 20.4. The fourth-order valence-corrected chi connectivity index (χ4v) is 3.98. The number of benzene rings is 2. The summed E-state index contributed by atoms with van der Waals surface area (Å²) in [7, 11) is 3.14. The van der Waals surface area contributed by atoms with Crippen LogP contribution in [0.3, 0.4) is 0 Å². The Morgan fingerprint density at radius 3 is 2.53 bits per heavy atom. The van der Waals surface area contributed by atoms with Crippen LogP contribution < -0.4 is 14.8 Å². The van der Waals surface area contributed by atoms with Crippen LogP contribution >= 0.6 is 23.7 Å². The Morgan fingerprint density at radius 2 is 1.83 bits per heavy atom. The van der Waals surface area contributed by atoms with Crippen molar-refractivity contribution in [3.8, 4) is 22.8 Å². The third-order valence-corrected chi connectivity index (χ3v) is 5.53. The summed E-state index contributed by atoms with van der Waals surface area (Å²) in [6, 6.07) is 13.6. The van der Waals surface area contributed by atoms with E-state index in [1.54, 1.807) is 32.4 Å². The number of aromatic nitrogens is 2. The standard InChI is InChI=1S/C22H21N3O3S.ClH/c1-14-4-6-15(7-5-14)18-12-25-17(13-29-22(25)24-18)11-21(26)23-16-8-9-19(27-2)20(10-16)28-3;/h4-10,12-13H,11H2,1-3H3,(H,23,26);1H. The second-order valence-electron chi connectivity index (χ2n) is 6.67. The molecule has 0 radical (unpaired) electrons. The molecule has 1 amide bonds. The number of carbonyl (C=O) groups excluding carboxylic acids is 1. The highest BCUT2D eigenvalue weighted by Crippen LogP contribution is 2.30. The van der Waals surface area contributed by atoms with Crippen molar-refractivity contribution in [1.82, 2.24) is 9.38 Å². The Balaban J connectivity index is 0.00000256. The van der Waals surface area contributed by atoms with Gasteiger partial charge >= 0.3 is 0 Å². The van der Waals surface area contributed by atoms with Crippen molar-refractivity contribution in [1.29, 1.82) is 0 Å². The molecule has 8 heteroatoms. The molecule has 6 nitrogen and oxygen atoms in total. The molecule has 0 fully saturated rings. The maximum atomic E-state index is 12.6. The van der Waals surface area contributed by atoms with E-state index in [9.17, 15) is 4.79 Å². The second kappa shape index (κ2) is 9.19. The summed E-state index contributed by atoms with van der Waals surface area (Å²) < 4.78 is 12.5. The van der Waals surface area contributed by atoms with Gasteiger partial charge in [-0.15, -0.1) is 23.7 Å². The number of imidazole rings is 1. The van der Waals surface area contributed by atoms with Crippen LogP contribution in [0, 0.1) is 6.92 Å². The number of carbonyl (C=O) groups is 1. The molecule has 0 bridgehead atoms. The molecule has 4 aromatic rings. The van der Waals surface area contributed by atoms with Crippen molar-refractivity contribution in [2.45, 2.75) is 13.3 Å². The van der Waals surface area contributed by atoms with Gasteiger partial charge in [0.25, 0.3) is 0 Å². The van der Waals surface area contributed by atoms with Crippen LogP contribution in [0.15, 0.2) is 54.0 Å². The van der Waals surface area contributed by atoms with Gasteiger partial charge in [-0.1, -0.05) is 29.8 Å². The first-order valence-electron chi connectivity index (χ1n) is 9.12. The molecule has 0 saturated heterocycles. The lowest BCUT2D eigenvalue weighted by Crippen LogP contribution is -2.15. The molecule has 0 saturated carbocycles. The fourth-order valence-electron chi connectivity index (χ4n) is 3.10. The summed E-state index contributed by atoms with van der Waals surface area (Å²) in [6.07, 6.45) is 2.23. The third-order valence-electron chi connectivity index (χ3n) is 4.64. The Hall–Kier alpha value is -3.03. The summed E-state index contributed by atoms with van der Waals surface area (Å²) in [5.74, 6) is 1.08. The molecule has 2 heterocycles. The van der Waals surface area contributed by atoms with Gasteiger partial charge in [-0.05, 0) is 19.1 Å². The molecule has 0 aliphatic heterocycles. The first-order chi connectivity index (χ1) is 14.1. The van der Waals surface area contributed by atoms with E-state index in [1.165, 1.54) is 16.9 Å². The van der Waals surface area contributed by atoms with Gasteiger partial charge in [0.05, 0.1) is 26.3 Å². The number of amides is 1. The average Bonchev–Trinajstić information content (AvgIpc) is 3.30. The normalized spacial score (nSPS) is 10.5. The third kappa shape index (κ3) is 4.42. The molecule has 2 aromatic heterocycles. The first kappa shape index (κ1) is 21.7. The first-order valence-corrected chi connectivity index (χ1v) is 9.99. The predicted octanol–water partition coefficient (Wildman–Crippen LogP) is 4.99. The number of thiazole rings is 1. The lowest BCUT2D eigenvalue weighted by Gasteiger charge is -2.10. The van der Waals surface area contributed by atoms with Gasteiger partial charge in [0.1, 0.15) is 0 Å². The van der Waals surface area contributed by atoms with Crippen molar-refractivity contribution >= 4 is 40.3 Å². The van der Waals surface area contributed by atoms with Crippen LogP contribution in [0.1, 0.15) is 11.3 Å². The fraction of sp³-hybridized carbons (Fsp3) is 0.182. The Kier molecular flexibility index (Phi) is 6.64. The molecule has 2 aromatic carbocycles. The zero-order valence-electron chi connectivity index (χ0n) is 16.8. The number of anilines is 1. The van der Waals surface area contributed by atoms with Gasteiger partial charge < -0.3 is 14.8 Å². The lowest BCUT2D eigenvalue weighted by atomic mass is 10.1. The summed E-state index contributed by atoms with van der Waals surface area (Å²) in [6.45, 7) is 2.06. The van der Waals surface area contributed by atoms with E-state index in [0.29, 0.717) is 17.2 Å². The smallest absolute Gasteiger partial charge is 0.230 e. The molecular weight excluding hydrogens is 422 g/mol. The van der Waals surface area contributed by atoms with Crippen LogP contribution in [0.4, 0.5) is 5.69 Å². The maximum absolute atomic E-state index is 12.6. The van der Waals surface area contributed by atoms with Gasteiger partial charge in [-0.2, -0.15) is 0 Å². The monoisotopic (exact) mass is 443 g/mol. The molecule has 4 rings (SSSR count). The van der Waals surface area contributed by atoms with Gasteiger partial charge in [0.2, 0.25) is 5.91 Å². The molecule has 1 N–H and O–H groups in total. The molecule has 156 valence electrons. The Labute approximate surface area is 184 Å². The summed E-state index contributed by atoms with van der Waals surface area (Å²) in [5, 5.41) is 4.88. The molecular formula is C22H22ClN3O3S. The molecule has 0 aliphatic carbocycles. The van der Waals surface area contributed by atoms with Crippen molar-refractivity contribution in [2.75, 3.05) is 19.5 Å². The molecule has 0 aliphatic rings. The van der Waals surface area contributed by atoms with Crippen molar-refractivity contribution in [3.63, 3.8) is 0 Å². The molecule has 0 spiro atoms. The van der Waals surface area contributed by atoms with Gasteiger partial charge in [-0.25, -0.2) is 4.98 Å². The van der Waals surface area contributed by atoms with Crippen molar-refractivity contribution in [3.05, 3.63) is 65.3 Å². The van der Waals surface area contributed by atoms with E-state index in [2.05, 4.69) is 41.5 Å². The Bertz CT molecular complexity index is 1170. The van der Waals surface area contributed by atoms with E-state index in [-0.39, 0.29) is 24.7 Å². The maximum Gasteiger partial charge on any atom is 0.230 e. The van der Waals surface area contributed by atoms with Crippen LogP contribution in [0.2, 0.25) is 0 Å². The van der Waals surface area contributed by atoms with E-state index >= 15 is 0 Å². The molecule has 30 heavy (non-hydrogen) atoms. The number of rotatable bonds is 6. The van der Waals surface area contributed by atoms with E-state index in [0.717, 1.165) is 21.9 Å². The minimum Gasteiger partial charge on any atom is -0.493 e. The number of methoxy groups -OCH3 is 2. The summed E-state index contributed by atoms with van der Waals surface area (Å²) >= 11 is 1.53. The predicted molar refractivity (Wildman–Crippen MR) is 122 cm³/mol. The van der Waals surface area contributed by atoms with Gasteiger partial charge in [0, 0.05) is 34.6 Å². The topological polar surface area (TPSA) is 64.9 Å². The second-order valence-corrected chi connectivity index (χ2v) is 7.50. The molecule has 0 atom stereocenters. The van der Waals surface area contributed by atoms with Crippen LogP contribution in [0.5, 0.6) is 11.5 Å². The SMILES string of the molecule is COc1ccc(NC(=O)Cc2csc3nc(-c4ccc(C)cc4)cn23)cc1OC.Cl. The van der Waals surface area contributed by atoms with Crippen molar-refractivity contribution in [2.24, 2.45) is 0 Å². The summed E-state index contributed by atoms with van der Waals surface area (Å²) in [5.41, 5.74) is 4.73. The number of aryl methyl sites for hydroxylation is 1. The van der Waals surface area contributed by atoms with Crippen LogP contribution in [0.25, 0.3) is 16.2 Å². The number of nitrogens with zero attached hydrogens (tertiary/aromatic N) is 2. The highest BCUT2D eigenvalue weighted by atomic mass is 35.5. The minimum atomic E-state index is -0.109. The van der Waals surface area contributed by atoms with E-state index in [1.807, 2.05) is 16.0 Å². The zero-order valence-corrected chi connectivity index (χ0v) is 18.5. The Morgan fingerprint density at radius 1 is 1.10 bits per heavy atom. The number of nitrogens with one attached hydrogen (secondary N) is 1. The highest BCUT2D eigenvalue weighted by Gasteiger charge is 2.13. The minimum absolute atomic E-state index is 0. The molecule has 0 unspecified atom stereocenters. The highest BCUT2D eigenvalue weighted by molar-refractivity contribution is 7.15. The number of halogens is 1. The van der Waals surface area contributed by atoms with Crippen LogP contribution in [-0.4, -0.2) is 29.5 Å².